The summed E-state index contributed by atoms with van der Waals surface area (Å²) in [7, 11) is 3.23. The number of aromatic nitrogens is 3. The molecule has 33 heavy (non-hydrogen) atoms. The monoisotopic (exact) mass is 445 g/mol. The molecule has 4 rings (SSSR count). The molecule has 168 valence electrons. The molecule has 3 heterocycles. The van der Waals surface area contributed by atoms with Crippen LogP contribution in [0.5, 0.6) is 11.5 Å². The number of nitriles is 1. The number of hydrogen-bond donors (Lipinski definition) is 2. The Kier molecular flexibility index (Phi) is 6.17. The fourth-order valence-electron chi connectivity index (χ4n) is 3.58. The predicted molar refractivity (Wildman–Crippen MR) is 121 cm³/mol. The van der Waals surface area contributed by atoms with Gasteiger partial charge in [0.15, 0.2) is 5.82 Å². The highest BCUT2D eigenvalue weighted by Crippen LogP contribution is 2.27. The van der Waals surface area contributed by atoms with E-state index in [2.05, 4.69) is 21.6 Å². The third-order valence-corrected chi connectivity index (χ3v) is 5.21. The number of rotatable bonds is 8. The number of aryl methyl sites for hydroxylation is 3. The highest BCUT2D eigenvalue weighted by molar-refractivity contribution is 6.06. The molecule has 0 spiro atoms. The summed E-state index contributed by atoms with van der Waals surface area (Å²) < 4.78 is 18.0. The van der Waals surface area contributed by atoms with Crippen molar-refractivity contribution < 1.29 is 18.7 Å². The second-order valence-electron chi connectivity index (χ2n) is 7.37. The number of amides is 1. The minimum absolute atomic E-state index is 0.170. The molecular weight excluding hydrogens is 422 g/mol. The first-order chi connectivity index (χ1) is 16.0. The van der Waals surface area contributed by atoms with Gasteiger partial charge in [-0.15, -0.1) is 0 Å². The number of anilines is 1. The van der Waals surface area contributed by atoms with Crippen molar-refractivity contribution in [2.75, 3.05) is 19.5 Å². The van der Waals surface area contributed by atoms with Crippen LogP contribution in [-0.2, 0) is 12.8 Å². The first-order valence-corrected chi connectivity index (χ1v) is 10.3. The average Bonchev–Trinajstić information content (AvgIpc) is 3.57. The summed E-state index contributed by atoms with van der Waals surface area (Å²) in [4.78, 5) is 12.9. The Bertz CT molecular complexity index is 1290. The number of nitrogens with one attached hydrogen (secondary N) is 2. The van der Waals surface area contributed by atoms with Crippen molar-refractivity contribution in [1.29, 1.82) is 5.26 Å². The molecule has 0 atom stereocenters. The fourth-order valence-corrected chi connectivity index (χ4v) is 3.58. The fraction of sp³-hybridized carbons (Fsp3) is 0.208. The summed E-state index contributed by atoms with van der Waals surface area (Å²) in [5, 5.41) is 19.5. The van der Waals surface area contributed by atoms with Crippen LogP contribution in [0.15, 0.2) is 53.2 Å². The summed E-state index contributed by atoms with van der Waals surface area (Å²) in [5.41, 5.74) is 2.26. The molecule has 0 aliphatic carbocycles. The lowest BCUT2D eigenvalue weighted by Crippen LogP contribution is -2.14. The van der Waals surface area contributed by atoms with Gasteiger partial charge < -0.3 is 19.2 Å². The maximum atomic E-state index is 12.9. The van der Waals surface area contributed by atoms with Gasteiger partial charge in [0.05, 0.1) is 14.2 Å². The van der Waals surface area contributed by atoms with E-state index < -0.39 is 5.91 Å². The predicted octanol–water partition coefficient (Wildman–Crippen LogP) is 4.03. The SMILES string of the molecule is COc1cc(CCc2cc(NC(=O)c3c(C)oc(-n4cccc4)c3C#N)n[nH]2)cc(OC)c1. The highest BCUT2D eigenvalue weighted by atomic mass is 16.5. The third-order valence-electron chi connectivity index (χ3n) is 5.21. The summed E-state index contributed by atoms with van der Waals surface area (Å²) in [6.45, 7) is 1.65. The molecule has 3 aromatic heterocycles. The standard InChI is InChI=1S/C24H23N5O4/c1-15-22(20(14-25)24(33-15)29-8-4-5-9-29)23(30)26-21-12-17(27-28-21)7-6-16-10-18(31-2)13-19(11-16)32-3/h4-5,8-13H,6-7H2,1-3H3,(H2,26,27,28,30). The number of carbonyl (C=O) groups is 1. The molecule has 0 unspecified atom stereocenters. The molecule has 0 saturated heterocycles. The maximum absolute atomic E-state index is 12.9. The van der Waals surface area contributed by atoms with Gasteiger partial charge in [-0.05, 0) is 49.6 Å². The average molecular weight is 445 g/mol. The molecule has 0 bridgehead atoms. The van der Waals surface area contributed by atoms with Crippen LogP contribution in [0.2, 0.25) is 0 Å². The van der Waals surface area contributed by atoms with E-state index in [1.165, 1.54) is 0 Å². The molecule has 0 aliphatic heterocycles. The number of H-pyrrole nitrogens is 1. The van der Waals surface area contributed by atoms with Crippen LogP contribution in [0.4, 0.5) is 5.82 Å². The van der Waals surface area contributed by atoms with E-state index in [0.29, 0.717) is 23.9 Å². The van der Waals surface area contributed by atoms with Crippen LogP contribution in [0.1, 0.15) is 32.9 Å². The van der Waals surface area contributed by atoms with Crippen LogP contribution in [-0.4, -0.2) is 34.9 Å². The van der Waals surface area contributed by atoms with E-state index in [0.717, 1.165) is 29.2 Å². The number of carbonyl (C=O) groups excluding carboxylic acids is 1. The molecule has 0 fully saturated rings. The van der Waals surface area contributed by atoms with Gasteiger partial charge in [-0.3, -0.25) is 14.5 Å². The largest absolute Gasteiger partial charge is 0.497 e. The van der Waals surface area contributed by atoms with Crippen molar-refractivity contribution in [3.8, 4) is 23.5 Å². The Morgan fingerprint density at radius 1 is 1.15 bits per heavy atom. The second-order valence-corrected chi connectivity index (χ2v) is 7.37. The molecule has 0 aliphatic rings. The maximum Gasteiger partial charge on any atom is 0.261 e. The summed E-state index contributed by atoms with van der Waals surface area (Å²) >= 11 is 0. The third kappa shape index (κ3) is 4.60. The van der Waals surface area contributed by atoms with Crippen molar-refractivity contribution in [2.24, 2.45) is 0 Å². The molecule has 1 aromatic carbocycles. The van der Waals surface area contributed by atoms with Gasteiger partial charge in [-0.25, -0.2) is 0 Å². The molecular formula is C24H23N5O4. The molecule has 2 N–H and O–H groups in total. The Labute approximate surface area is 190 Å². The summed E-state index contributed by atoms with van der Waals surface area (Å²) in [6, 6.07) is 13.2. The lowest BCUT2D eigenvalue weighted by atomic mass is 10.1. The molecule has 0 radical (unpaired) electrons. The normalized spacial score (nSPS) is 10.6. The van der Waals surface area contributed by atoms with Crippen molar-refractivity contribution in [3.05, 3.63) is 76.9 Å². The minimum Gasteiger partial charge on any atom is -0.497 e. The topological polar surface area (TPSA) is 118 Å². The second kappa shape index (κ2) is 9.36. The first-order valence-electron chi connectivity index (χ1n) is 10.3. The number of nitrogens with zero attached hydrogens (tertiary/aromatic N) is 3. The quantitative estimate of drug-likeness (QED) is 0.423. The van der Waals surface area contributed by atoms with Crippen LogP contribution >= 0.6 is 0 Å². The van der Waals surface area contributed by atoms with Gasteiger partial charge in [0.1, 0.15) is 34.5 Å². The van der Waals surface area contributed by atoms with Crippen LogP contribution in [0.3, 0.4) is 0 Å². The Morgan fingerprint density at radius 2 is 1.85 bits per heavy atom. The molecule has 9 nitrogen and oxygen atoms in total. The summed E-state index contributed by atoms with van der Waals surface area (Å²) in [5.74, 6) is 2.03. The number of methoxy groups -OCH3 is 2. The molecule has 4 aromatic rings. The van der Waals surface area contributed by atoms with E-state index in [4.69, 9.17) is 13.9 Å². The van der Waals surface area contributed by atoms with Gasteiger partial charge in [0.2, 0.25) is 5.88 Å². The van der Waals surface area contributed by atoms with E-state index in [1.54, 1.807) is 44.2 Å². The van der Waals surface area contributed by atoms with Crippen molar-refractivity contribution in [2.45, 2.75) is 19.8 Å². The van der Waals surface area contributed by atoms with Crippen molar-refractivity contribution in [3.63, 3.8) is 0 Å². The molecule has 1 amide bonds. The van der Waals surface area contributed by atoms with Gasteiger partial charge in [-0.1, -0.05) is 0 Å². The molecule has 9 heteroatoms. The van der Waals surface area contributed by atoms with Crippen molar-refractivity contribution in [1.82, 2.24) is 14.8 Å². The lowest BCUT2D eigenvalue weighted by Gasteiger charge is -2.08. The van der Waals surface area contributed by atoms with E-state index >= 15 is 0 Å². The Hall–Kier alpha value is -4.45. The Balaban J connectivity index is 1.46. The number of aromatic amines is 1. The highest BCUT2D eigenvalue weighted by Gasteiger charge is 2.25. The Morgan fingerprint density at radius 3 is 2.48 bits per heavy atom. The summed E-state index contributed by atoms with van der Waals surface area (Å²) in [6.07, 6.45) is 4.89. The van der Waals surface area contributed by atoms with Crippen LogP contribution in [0, 0.1) is 18.3 Å². The first kappa shape index (κ1) is 21.8. The zero-order valence-corrected chi connectivity index (χ0v) is 18.5. The molecule has 0 saturated carbocycles. The minimum atomic E-state index is -0.457. The van der Waals surface area contributed by atoms with E-state index in [9.17, 15) is 10.1 Å². The van der Waals surface area contributed by atoms with Crippen LogP contribution in [0.25, 0.3) is 5.88 Å². The zero-order valence-electron chi connectivity index (χ0n) is 18.5. The van der Waals surface area contributed by atoms with E-state index in [1.807, 2.05) is 30.3 Å². The van der Waals surface area contributed by atoms with Crippen molar-refractivity contribution >= 4 is 11.7 Å². The van der Waals surface area contributed by atoms with Crippen LogP contribution < -0.4 is 14.8 Å². The van der Waals surface area contributed by atoms with Gasteiger partial charge in [-0.2, -0.15) is 10.4 Å². The smallest absolute Gasteiger partial charge is 0.261 e. The van der Waals surface area contributed by atoms with Gasteiger partial charge in [0, 0.05) is 30.2 Å². The van der Waals surface area contributed by atoms with E-state index in [-0.39, 0.29) is 11.1 Å². The zero-order chi connectivity index (χ0) is 23.4. The number of furan rings is 1. The number of hydrogen-bond acceptors (Lipinski definition) is 6. The number of benzene rings is 1. The van der Waals surface area contributed by atoms with Gasteiger partial charge >= 0.3 is 0 Å². The number of ether oxygens (including phenoxy) is 2. The lowest BCUT2D eigenvalue weighted by molar-refractivity contribution is 0.102. The van der Waals surface area contributed by atoms with Gasteiger partial charge in [0.25, 0.3) is 5.91 Å².